The van der Waals surface area contributed by atoms with Crippen molar-refractivity contribution in [3.63, 3.8) is 0 Å². The molecular formula is C22H24F4N2O2. The fraction of sp³-hybridized carbons (Fsp3) is 0.364. The molecule has 0 bridgehead atoms. The largest absolute Gasteiger partial charge is 0.457 e. The highest BCUT2D eigenvalue weighted by Gasteiger charge is 2.34. The maximum Gasteiger partial charge on any atom is 0.419 e. The standard InChI is InChI=1S/C22H24F4N2O2/c1-6-28(5)12-27-20-13(2)10-17(14(3)15(20)4)21(29)30-11-16-8-7-9-18(19(16)23)22(24,25)26/h7-10,12H,6,11H2,1-5H3. The van der Waals surface area contributed by atoms with Crippen LogP contribution in [0.4, 0.5) is 23.2 Å². The SMILES string of the molecule is CCN(C)C=Nc1c(C)cc(C(=O)OCc2cccc(C(F)(F)F)c2F)c(C)c1C. The maximum atomic E-state index is 14.1. The van der Waals surface area contributed by atoms with Crippen LogP contribution < -0.4 is 0 Å². The number of hydrogen-bond acceptors (Lipinski definition) is 3. The van der Waals surface area contributed by atoms with E-state index in [0.29, 0.717) is 11.6 Å². The van der Waals surface area contributed by atoms with Crippen molar-refractivity contribution in [2.24, 2.45) is 4.99 Å². The van der Waals surface area contributed by atoms with Crippen LogP contribution in [0, 0.1) is 26.6 Å². The molecule has 30 heavy (non-hydrogen) atoms. The van der Waals surface area contributed by atoms with E-state index in [2.05, 4.69) is 4.99 Å². The molecular weight excluding hydrogens is 400 g/mol. The van der Waals surface area contributed by atoms with Gasteiger partial charge in [-0.05, 0) is 56.5 Å². The molecule has 0 fully saturated rings. The number of alkyl halides is 3. The number of rotatable bonds is 6. The Hall–Kier alpha value is -2.90. The predicted molar refractivity (Wildman–Crippen MR) is 108 cm³/mol. The van der Waals surface area contributed by atoms with E-state index in [9.17, 15) is 22.4 Å². The Morgan fingerprint density at radius 3 is 2.47 bits per heavy atom. The second kappa shape index (κ2) is 9.28. The van der Waals surface area contributed by atoms with Gasteiger partial charge in [0.15, 0.2) is 0 Å². The molecule has 0 amide bonds. The highest BCUT2D eigenvalue weighted by atomic mass is 19.4. The average Bonchev–Trinajstić information content (AvgIpc) is 2.68. The molecule has 0 N–H and O–H groups in total. The number of esters is 1. The second-order valence-corrected chi connectivity index (χ2v) is 7.01. The highest BCUT2D eigenvalue weighted by Crippen LogP contribution is 2.33. The summed E-state index contributed by atoms with van der Waals surface area (Å²) in [5.41, 5.74) is 1.44. The lowest BCUT2D eigenvalue weighted by Crippen LogP contribution is -2.14. The molecule has 0 radical (unpaired) electrons. The minimum Gasteiger partial charge on any atom is -0.457 e. The van der Waals surface area contributed by atoms with E-state index >= 15 is 0 Å². The molecule has 162 valence electrons. The van der Waals surface area contributed by atoms with Gasteiger partial charge in [-0.25, -0.2) is 14.2 Å². The summed E-state index contributed by atoms with van der Waals surface area (Å²) in [6, 6.07) is 4.50. The second-order valence-electron chi connectivity index (χ2n) is 7.01. The third-order valence-corrected chi connectivity index (χ3v) is 4.90. The molecule has 0 heterocycles. The first kappa shape index (κ1) is 23.4. The molecule has 0 spiro atoms. The lowest BCUT2D eigenvalue weighted by molar-refractivity contribution is -0.140. The van der Waals surface area contributed by atoms with Crippen LogP contribution in [0.1, 0.15) is 45.1 Å². The summed E-state index contributed by atoms with van der Waals surface area (Å²) in [5.74, 6) is -2.18. The van der Waals surface area contributed by atoms with E-state index < -0.39 is 30.1 Å². The first-order chi connectivity index (χ1) is 14.0. The summed E-state index contributed by atoms with van der Waals surface area (Å²) in [5, 5.41) is 0. The molecule has 0 aliphatic carbocycles. The third kappa shape index (κ3) is 5.17. The van der Waals surface area contributed by atoms with Crippen molar-refractivity contribution in [2.45, 2.75) is 40.5 Å². The number of nitrogens with zero attached hydrogens (tertiary/aromatic N) is 2. The van der Waals surface area contributed by atoms with Crippen LogP contribution in [0.5, 0.6) is 0 Å². The zero-order chi connectivity index (χ0) is 22.6. The Labute approximate surface area is 173 Å². The number of aryl methyl sites for hydroxylation is 1. The van der Waals surface area contributed by atoms with Crippen molar-refractivity contribution >= 4 is 18.0 Å². The van der Waals surface area contributed by atoms with Gasteiger partial charge < -0.3 is 9.64 Å². The lowest BCUT2D eigenvalue weighted by Gasteiger charge is -2.15. The zero-order valence-corrected chi connectivity index (χ0v) is 17.5. The summed E-state index contributed by atoms with van der Waals surface area (Å²) in [4.78, 5) is 18.9. The van der Waals surface area contributed by atoms with Crippen LogP contribution in [0.15, 0.2) is 29.3 Å². The molecule has 4 nitrogen and oxygen atoms in total. The summed E-state index contributed by atoms with van der Waals surface area (Å²) < 4.78 is 57.8. The molecule has 0 atom stereocenters. The number of benzene rings is 2. The van der Waals surface area contributed by atoms with E-state index in [1.807, 2.05) is 25.8 Å². The summed E-state index contributed by atoms with van der Waals surface area (Å²) in [7, 11) is 1.89. The fourth-order valence-corrected chi connectivity index (χ4v) is 2.85. The van der Waals surface area contributed by atoms with Gasteiger partial charge in [-0.15, -0.1) is 0 Å². The Balaban J connectivity index is 2.26. The quantitative estimate of drug-likeness (QED) is 0.257. The normalized spacial score (nSPS) is 11.8. The van der Waals surface area contributed by atoms with Crippen LogP contribution in [-0.4, -0.2) is 30.8 Å². The molecule has 0 saturated heterocycles. The lowest BCUT2D eigenvalue weighted by atomic mass is 9.97. The van der Waals surface area contributed by atoms with E-state index in [0.717, 1.165) is 35.5 Å². The van der Waals surface area contributed by atoms with E-state index in [4.69, 9.17) is 4.74 Å². The van der Waals surface area contributed by atoms with Gasteiger partial charge in [-0.3, -0.25) is 0 Å². The van der Waals surface area contributed by atoms with E-state index in [1.165, 1.54) is 0 Å². The molecule has 2 aromatic rings. The van der Waals surface area contributed by atoms with Gasteiger partial charge in [-0.2, -0.15) is 13.2 Å². The van der Waals surface area contributed by atoms with Crippen LogP contribution >= 0.6 is 0 Å². The first-order valence-electron chi connectivity index (χ1n) is 9.34. The summed E-state index contributed by atoms with van der Waals surface area (Å²) in [6.07, 6.45) is -3.12. The number of ether oxygens (including phenoxy) is 1. The monoisotopic (exact) mass is 424 g/mol. The predicted octanol–water partition coefficient (Wildman–Crippen LogP) is 5.74. The number of carbonyl (C=O) groups excluding carboxylic acids is 1. The first-order valence-corrected chi connectivity index (χ1v) is 9.34. The number of aliphatic imine (C=N–C) groups is 1. The Bertz CT molecular complexity index is 969. The Morgan fingerprint density at radius 1 is 1.20 bits per heavy atom. The molecule has 0 unspecified atom stereocenters. The molecule has 0 aliphatic heterocycles. The molecule has 0 aromatic heterocycles. The van der Waals surface area contributed by atoms with Crippen LogP contribution in [0.3, 0.4) is 0 Å². The van der Waals surface area contributed by atoms with Crippen molar-refractivity contribution in [3.8, 4) is 0 Å². The highest BCUT2D eigenvalue weighted by molar-refractivity contribution is 5.93. The minimum absolute atomic E-state index is 0.264. The van der Waals surface area contributed by atoms with Crippen molar-refractivity contribution < 1.29 is 27.1 Å². The van der Waals surface area contributed by atoms with E-state index in [1.54, 1.807) is 26.3 Å². The molecule has 2 rings (SSSR count). The summed E-state index contributed by atoms with van der Waals surface area (Å²) >= 11 is 0. The van der Waals surface area contributed by atoms with Gasteiger partial charge >= 0.3 is 12.1 Å². The van der Waals surface area contributed by atoms with Crippen molar-refractivity contribution in [3.05, 3.63) is 63.5 Å². The van der Waals surface area contributed by atoms with Gasteiger partial charge in [0.2, 0.25) is 0 Å². The number of halogens is 4. The molecule has 0 saturated carbocycles. The van der Waals surface area contributed by atoms with Gasteiger partial charge in [0.1, 0.15) is 12.4 Å². The van der Waals surface area contributed by atoms with Crippen LogP contribution in [0.2, 0.25) is 0 Å². The molecule has 0 aliphatic rings. The van der Waals surface area contributed by atoms with Crippen LogP contribution in [-0.2, 0) is 17.5 Å². The zero-order valence-electron chi connectivity index (χ0n) is 17.5. The van der Waals surface area contributed by atoms with E-state index in [-0.39, 0.29) is 11.1 Å². The van der Waals surface area contributed by atoms with Gasteiger partial charge in [0.25, 0.3) is 0 Å². The topological polar surface area (TPSA) is 41.9 Å². The van der Waals surface area contributed by atoms with Crippen molar-refractivity contribution in [1.82, 2.24) is 4.90 Å². The Kier molecular flexibility index (Phi) is 7.23. The fourth-order valence-electron chi connectivity index (χ4n) is 2.85. The number of hydrogen-bond donors (Lipinski definition) is 0. The smallest absolute Gasteiger partial charge is 0.419 e. The Morgan fingerprint density at radius 2 is 1.87 bits per heavy atom. The van der Waals surface area contributed by atoms with Gasteiger partial charge in [0, 0.05) is 19.2 Å². The maximum absolute atomic E-state index is 14.1. The van der Waals surface area contributed by atoms with Crippen LogP contribution in [0.25, 0.3) is 0 Å². The summed E-state index contributed by atoms with van der Waals surface area (Å²) in [6.45, 7) is 7.53. The molecule has 2 aromatic carbocycles. The van der Waals surface area contributed by atoms with Crippen molar-refractivity contribution in [1.29, 1.82) is 0 Å². The molecule has 8 heteroatoms. The minimum atomic E-state index is -4.82. The van der Waals surface area contributed by atoms with Gasteiger partial charge in [-0.1, -0.05) is 12.1 Å². The average molecular weight is 424 g/mol. The third-order valence-electron chi connectivity index (χ3n) is 4.90. The van der Waals surface area contributed by atoms with Crippen molar-refractivity contribution in [2.75, 3.05) is 13.6 Å². The number of carbonyl (C=O) groups is 1. The van der Waals surface area contributed by atoms with Gasteiger partial charge in [0.05, 0.1) is 23.2 Å².